The number of fused-ring (bicyclic) bond motifs is 1. The zero-order valence-corrected chi connectivity index (χ0v) is 16.8. The number of alkyl halides is 1. The predicted molar refractivity (Wildman–Crippen MR) is 109 cm³/mol. The van der Waals surface area contributed by atoms with Crippen LogP contribution in [0, 0.1) is 0 Å². The number of halogens is 1. The van der Waals surface area contributed by atoms with Gasteiger partial charge in [0.15, 0.2) is 5.65 Å². The largest absolute Gasteiger partial charge is 0.387 e. The van der Waals surface area contributed by atoms with Crippen LogP contribution in [-0.4, -0.2) is 55.0 Å². The van der Waals surface area contributed by atoms with Crippen molar-refractivity contribution in [3.8, 4) is 11.3 Å². The van der Waals surface area contributed by atoms with Crippen LogP contribution in [0.2, 0.25) is 0 Å². The van der Waals surface area contributed by atoms with E-state index in [1.807, 2.05) is 32.0 Å². The van der Waals surface area contributed by atoms with E-state index in [4.69, 9.17) is 0 Å². The lowest BCUT2D eigenvalue weighted by Crippen LogP contribution is -2.42. The Labute approximate surface area is 168 Å². The van der Waals surface area contributed by atoms with Gasteiger partial charge in [-0.2, -0.15) is 9.61 Å². The Bertz CT molecular complexity index is 997. The lowest BCUT2D eigenvalue weighted by Gasteiger charge is -2.22. The number of carbonyl (C=O) groups is 1. The molecule has 3 aromatic rings. The zero-order chi connectivity index (χ0) is 21.2. The third kappa shape index (κ3) is 4.68. The molecule has 0 saturated carbocycles. The van der Waals surface area contributed by atoms with Crippen molar-refractivity contribution in [3.63, 3.8) is 0 Å². The van der Waals surface area contributed by atoms with Crippen LogP contribution in [-0.2, 0) is 0 Å². The number of nitrogens with zero attached hydrogens (tertiary/aromatic N) is 4. The van der Waals surface area contributed by atoms with Crippen molar-refractivity contribution in [2.75, 3.05) is 11.9 Å². The summed E-state index contributed by atoms with van der Waals surface area (Å²) in [5.41, 5.74) is 0.818. The molecule has 9 heteroatoms. The molecule has 0 aliphatic rings. The monoisotopic (exact) mass is 400 g/mol. The molecule has 0 radical (unpaired) electrons. The molecule has 0 aliphatic heterocycles. The summed E-state index contributed by atoms with van der Waals surface area (Å²) >= 11 is 0. The summed E-state index contributed by atoms with van der Waals surface area (Å²) in [7, 11) is 0. The van der Waals surface area contributed by atoms with E-state index in [1.54, 1.807) is 16.9 Å². The van der Waals surface area contributed by atoms with Crippen molar-refractivity contribution in [1.82, 2.24) is 24.9 Å². The van der Waals surface area contributed by atoms with Gasteiger partial charge in [-0.1, -0.05) is 0 Å². The average Bonchev–Trinajstić information content (AvgIpc) is 3.10. The van der Waals surface area contributed by atoms with Gasteiger partial charge in [0.2, 0.25) is 0 Å². The van der Waals surface area contributed by atoms with Gasteiger partial charge in [-0.25, -0.2) is 9.37 Å². The minimum absolute atomic E-state index is 0.0195. The molecule has 0 unspecified atom stereocenters. The number of carbonyl (C=O) groups excluding carboxylic acids is 1. The quantitative estimate of drug-likeness (QED) is 0.563. The first-order valence-corrected chi connectivity index (χ1v) is 9.37. The molecule has 0 fully saturated rings. The Hall–Kier alpha value is -3.07. The van der Waals surface area contributed by atoms with Gasteiger partial charge in [-0.3, -0.25) is 9.78 Å². The highest BCUT2D eigenvalue weighted by Crippen LogP contribution is 2.23. The number of aromatic nitrogens is 4. The fourth-order valence-electron chi connectivity index (χ4n) is 2.70. The summed E-state index contributed by atoms with van der Waals surface area (Å²) < 4.78 is 15.6. The minimum atomic E-state index is -1.60. The molecule has 1 amide bonds. The average molecular weight is 400 g/mol. The van der Waals surface area contributed by atoms with Gasteiger partial charge in [-0.15, -0.1) is 0 Å². The number of hydrogen-bond acceptors (Lipinski definition) is 6. The minimum Gasteiger partial charge on any atom is -0.387 e. The highest BCUT2D eigenvalue weighted by atomic mass is 19.1. The van der Waals surface area contributed by atoms with E-state index in [-0.39, 0.29) is 18.2 Å². The third-order valence-electron chi connectivity index (χ3n) is 4.34. The van der Waals surface area contributed by atoms with E-state index in [1.165, 1.54) is 20.0 Å². The lowest BCUT2D eigenvalue weighted by molar-refractivity contribution is -0.00177. The molecule has 0 aromatic carbocycles. The van der Waals surface area contributed by atoms with E-state index in [2.05, 4.69) is 25.7 Å². The summed E-state index contributed by atoms with van der Waals surface area (Å²) in [6.07, 6.45) is 3.18. The van der Waals surface area contributed by atoms with Crippen LogP contribution in [0.15, 0.2) is 36.8 Å². The normalized spacial score (nSPS) is 12.9. The van der Waals surface area contributed by atoms with Crippen molar-refractivity contribution in [2.24, 2.45) is 0 Å². The van der Waals surface area contributed by atoms with Gasteiger partial charge in [-0.05, 0) is 39.8 Å². The van der Waals surface area contributed by atoms with Crippen molar-refractivity contribution < 1.29 is 14.3 Å². The van der Waals surface area contributed by atoms with Crippen molar-refractivity contribution in [3.05, 3.63) is 42.4 Å². The molecular weight excluding hydrogens is 375 g/mol. The number of anilines is 1. The Morgan fingerprint density at radius 3 is 2.62 bits per heavy atom. The maximum Gasteiger partial charge on any atom is 0.256 e. The number of rotatable bonds is 7. The van der Waals surface area contributed by atoms with Gasteiger partial charge >= 0.3 is 0 Å². The van der Waals surface area contributed by atoms with E-state index in [0.717, 1.165) is 5.56 Å². The van der Waals surface area contributed by atoms with Gasteiger partial charge in [0, 0.05) is 36.3 Å². The maximum absolute atomic E-state index is 14.0. The molecule has 8 nitrogen and oxygen atoms in total. The first kappa shape index (κ1) is 20.7. The second-order valence-electron chi connectivity index (χ2n) is 7.69. The predicted octanol–water partition coefficient (Wildman–Crippen LogP) is 2.45. The van der Waals surface area contributed by atoms with Crippen molar-refractivity contribution in [1.29, 1.82) is 0 Å². The van der Waals surface area contributed by atoms with Gasteiger partial charge in [0.25, 0.3) is 5.91 Å². The highest BCUT2D eigenvalue weighted by Gasteiger charge is 2.27. The second kappa shape index (κ2) is 8.12. The molecule has 3 aromatic heterocycles. The fraction of sp³-hybridized carbons (Fsp3) is 0.400. The molecule has 3 rings (SSSR count). The topological polar surface area (TPSA) is 104 Å². The molecule has 29 heavy (non-hydrogen) atoms. The lowest BCUT2D eigenvalue weighted by atomic mass is 10.0. The van der Waals surface area contributed by atoms with Gasteiger partial charge in [0.1, 0.15) is 17.6 Å². The van der Waals surface area contributed by atoms with Gasteiger partial charge < -0.3 is 15.7 Å². The molecule has 1 atom stereocenters. The summed E-state index contributed by atoms with van der Waals surface area (Å²) in [5.74, 6) is -0.0446. The second-order valence-corrected chi connectivity index (χ2v) is 7.69. The number of aliphatic hydroxyl groups is 1. The maximum atomic E-state index is 14.0. The molecule has 0 bridgehead atoms. The molecule has 154 valence electrons. The van der Waals surface area contributed by atoms with Crippen molar-refractivity contribution in [2.45, 2.75) is 45.5 Å². The number of amides is 1. The van der Waals surface area contributed by atoms with Crippen LogP contribution in [0.3, 0.4) is 0 Å². The van der Waals surface area contributed by atoms with Crippen LogP contribution in [0.5, 0.6) is 0 Å². The Kier molecular flexibility index (Phi) is 5.78. The van der Waals surface area contributed by atoms with Crippen LogP contribution in [0.25, 0.3) is 16.9 Å². The van der Waals surface area contributed by atoms with Crippen LogP contribution in [0.1, 0.15) is 38.1 Å². The van der Waals surface area contributed by atoms with Crippen molar-refractivity contribution >= 4 is 17.4 Å². The number of hydrogen-bond donors (Lipinski definition) is 3. The first-order chi connectivity index (χ1) is 13.7. The van der Waals surface area contributed by atoms with E-state index in [9.17, 15) is 14.3 Å². The fourth-order valence-corrected chi connectivity index (χ4v) is 2.70. The number of pyridine rings is 1. The van der Waals surface area contributed by atoms with E-state index >= 15 is 0 Å². The van der Waals surface area contributed by atoms with Gasteiger partial charge in [0.05, 0.1) is 17.8 Å². The van der Waals surface area contributed by atoms with Crippen LogP contribution < -0.4 is 10.6 Å². The third-order valence-corrected chi connectivity index (χ3v) is 4.34. The standard InChI is InChI=1S/C20H25FN6O2/c1-12(2)25-18-14(19(28)24-11-16(21)20(3,4)29)10-23-17-9-15(26-27(17)18)13-5-7-22-8-6-13/h5-10,12,16,25,29H,11H2,1-4H3,(H,24,28)/t16-/m1/s1. The molecule has 0 aliphatic carbocycles. The smallest absolute Gasteiger partial charge is 0.256 e. The summed E-state index contributed by atoms with van der Waals surface area (Å²) in [6.45, 7) is 6.27. The summed E-state index contributed by atoms with van der Waals surface area (Å²) in [6, 6.07) is 5.51. The highest BCUT2D eigenvalue weighted by molar-refractivity contribution is 5.99. The molecule has 0 spiro atoms. The summed E-state index contributed by atoms with van der Waals surface area (Å²) in [5, 5.41) is 20.1. The molecule has 0 saturated heterocycles. The van der Waals surface area contributed by atoms with Crippen LogP contribution >= 0.6 is 0 Å². The van der Waals surface area contributed by atoms with Crippen LogP contribution in [0.4, 0.5) is 10.2 Å². The number of nitrogens with one attached hydrogen (secondary N) is 2. The first-order valence-electron chi connectivity index (χ1n) is 9.37. The SMILES string of the molecule is CC(C)Nc1c(C(=O)NC[C@@H](F)C(C)(C)O)cnc2cc(-c3ccncc3)nn12. The Balaban J connectivity index is 1.97. The van der Waals surface area contributed by atoms with E-state index < -0.39 is 17.7 Å². The molecule has 3 heterocycles. The Morgan fingerprint density at radius 2 is 2.00 bits per heavy atom. The summed E-state index contributed by atoms with van der Waals surface area (Å²) in [4.78, 5) is 21.1. The zero-order valence-electron chi connectivity index (χ0n) is 16.8. The Morgan fingerprint density at radius 1 is 1.31 bits per heavy atom. The molecular formula is C20H25FN6O2. The van der Waals surface area contributed by atoms with E-state index in [0.29, 0.717) is 17.2 Å². The molecule has 3 N–H and O–H groups in total.